The number of rotatable bonds is 5. The van der Waals surface area contributed by atoms with E-state index in [4.69, 9.17) is 10.5 Å². The number of ether oxygens (including phenoxy) is 1. The van der Waals surface area contributed by atoms with E-state index in [1.165, 1.54) is 27.9 Å². The van der Waals surface area contributed by atoms with E-state index in [9.17, 15) is 0 Å². The van der Waals surface area contributed by atoms with Crippen LogP contribution < -0.4 is 15.8 Å². The number of benzene rings is 3. The molecule has 3 N–H and O–H groups in total. The van der Waals surface area contributed by atoms with Crippen molar-refractivity contribution >= 4 is 5.69 Å². The van der Waals surface area contributed by atoms with Crippen LogP contribution in [0, 0.1) is 5.92 Å². The quantitative estimate of drug-likeness (QED) is 0.717. The Morgan fingerprint density at radius 3 is 2.46 bits per heavy atom. The summed E-state index contributed by atoms with van der Waals surface area (Å²) in [5.74, 6) is 1.42. The predicted molar refractivity (Wildman–Crippen MR) is 107 cm³/mol. The van der Waals surface area contributed by atoms with Gasteiger partial charge in [-0.15, -0.1) is 0 Å². The fraction of sp³-hybridized carbons (Fsp3) is 0.217. The van der Waals surface area contributed by atoms with E-state index < -0.39 is 0 Å². The van der Waals surface area contributed by atoms with Crippen LogP contribution in [0.2, 0.25) is 0 Å². The molecule has 0 spiro atoms. The molecule has 0 saturated heterocycles. The van der Waals surface area contributed by atoms with Crippen LogP contribution in [0.3, 0.4) is 0 Å². The van der Waals surface area contributed by atoms with Gasteiger partial charge in [0.05, 0.1) is 0 Å². The van der Waals surface area contributed by atoms with E-state index in [0.29, 0.717) is 12.5 Å². The van der Waals surface area contributed by atoms with E-state index in [1.807, 2.05) is 6.07 Å². The summed E-state index contributed by atoms with van der Waals surface area (Å²) >= 11 is 0. The molecule has 1 aliphatic heterocycles. The number of nitrogens with two attached hydrogens (primary N) is 1. The highest BCUT2D eigenvalue weighted by Crippen LogP contribution is 2.29. The number of hydrogen-bond donors (Lipinski definition) is 2. The Bertz CT molecular complexity index is 859. The molecular formula is C23H24N2O. The molecule has 0 amide bonds. The monoisotopic (exact) mass is 344 g/mol. The van der Waals surface area contributed by atoms with E-state index in [0.717, 1.165) is 25.3 Å². The zero-order valence-electron chi connectivity index (χ0n) is 14.8. The third kappa shape index (κ3) is 3.73. The normalized spacial score (nSPS) is 15.8. The van der Waals surface area contributed by atoms with Crippen molar-refractivity contribution in [2.45, 2.75) is 13.0 Å². The van der Waals surface area contributed by atoms with E-state index in [1.54, 1.807) is 0 Å². The van der Waals surface area contributed by atoms with Crippen LogP contribution in [0.1, 0.15) is 11.1 Å². The summed E-state index contributed by atoms with van der Waals surface area (Å²) in [6.45, 7) is 2.23. The average Bonchev–Trinajstić information content (AvgIpc) is 2.72. The Balaban J connectivity index is 1.40. The smallest absolute Gasteiger partial charge is 0.121 e. The van der Waals surface area contributed by atoms with E-state index >= 15 is 0 Å². The van der Waals surface area contributed by atoms with Crippen LogP contribution in [0.15, 0.2) is 72.8 Å². The van der Waals surface area contributed by atoms with Crippen molar-refractivity contribution < 1.29 is 4.74 Å². The lowest BCUT2D eigenvalue weighted by atomic mass is 9.94. The highest BCUT2D eigenvalue weighted by Gasteiger charge is 2.17. The topological polar surface area (TPSA) is 47.3 Å². The first-order valence-corrected chi connectivity index (χ1v) is 9.16. The molecule has 3 aromatic carbocycles. The maximum Gasteiger partial charge on any atom is 0.121 e. The molecule has 0 aromatic heterocycles. The van der Waals surface area contributed by atoms with Gasteiger partial charge in [-0.25, -0.2) is 0 Å². The summed E-state index contributed by atoms with van der Waals surface area (Å²) in [7, 11) is 0. The molecule has 0 saturated carbocycles. The Morgan fingerprint density at radius 2 is 1.69 bits per heavy atom. The lowest BCUT2D eigenvalue weighted by Crippen LogP contribution is -2.29. The standard InChI is InChI=1S/C23H24N2O/c24-14-18-12-21-10-11-22(13-23(21)25-15-18)26-16-17-6-8-20(9-7-17)19-4-2-1-3-5-19/h1-11,13,18,25H,12,14-16,24H2. The third-order valence-electron chi connectivity index (χ3n) is 4.97. The van der Waals surface area contributed by atoms with E-state index in [-0.39, 0.29) is 0 Å². The van der Waals surface area contributed by atoms with Gasteiger partial charge in [0, 0.05) is 18.3 Å². The molecule has 26 heavy (non-hydrogen) atoms. The van der Waals surface area contributed by atoms with Crippen molar-refractivity contribution in [1.82, 2.24) is 0 Å². The predicted octanol–water partition coefficient (Wildman–Crippen LogP) is 4.48. The fourth-order valence-electron chi connectivity index (χ4n) is 3.38. The second-order valence-corrected chi connectivity index (χ2v) is 6.86. The first-order valence-electron chi connectivity index (χ1n) is 9.16. The molecular weight excluding hydrogens is 320 g/mol. The molecule has 4 rings (SSSR count). The van der Waals surface area contributed by atoms with Crippen LogP contribution in [-0.4, -0.2) is 13.1 Å². The van der Waals surface area contributed by atoms with Crippen molar-refractivity contribution in [3.8, 4) is 16.9 Å². The highest BCUT2D eigenvalue weighted by atomic mass is 16.5. The van der Waals surface area contributed by atoms with Crippen molar-refractivity contribution in [2.24, 2.45) is 11.7 Å². The molecule has 0 bridgehead atoms. The number of anilines is 1. The summed E-state index contributed by atoms with van der Waals surface area (Å²) in [5.41, 5.74) is 11.9. The van der Waals surface area contributed by atoms with Crippen molar-refractivity contribution in [3.63, 3.8) is 0 Å². The molecule has 1 unspecified atom stereocenters. The van der Waals surface area contributed by atoms with Gasteiger partial charge in [-0.3, -0.25) is 0 Å². The van der Waals surface area contributed by atoms with Crippen molar-refractivity contribution in [2.75, 3.05) is 18.4 Å². The van der Waals surface area contributed by atoms with Gasteiger partial charge in [0.1, 0.15) is 12.4 Å². The Labute approximate surface area is 154 Å². The largest absolute Gasteiger partial charge is 0.489 e. The molecule has 132 valence electrons. The Kier molecular flexibility index (Phi) is 4.89. The van der Waals surface area contributed by atoms with Gasteiger partial charge in [-0.1, -0.05) is 60.7 Å². The summed E-state index contributed by atoms with van der Waals surface area (Å²) < 4.78 is 5.99. The van der Waals surface area contributed by atoms with Crippen LogP contribution in [0.4, 0.5) is 5.69 Å². The summed E-state index contributed by atoms with van der Waals surface area (Å²) in [5, 5.41) is 3.47. The van der Waals surface area contributed by atoms with Gasteiger partial charge >= 0.3 is 0 Å². The molecule has 3 nitrogen and oxygen atoms in total. The third-order valence-corrected chi connectivity index (χ3v) is 4.97. The van der Waals surface area contributed by atoms with Crippen LogP contribution in [-0.2, 0) is 13.0 Å². The molecule has 1 atom stereocenters. The lowest BCUT2D eigenvalue weighted by Gasteiger charge is -2.25. The average molecular weight is 344 g/mol. The van der Waals surface area contributed by atoms with Gasteiger partial charge < -0.3 is 15.8 Å². The summed E-state index contributed by atoms with van der Waals surface area (Å²) in [4.78, 5) is 0. The summed E-state index contributed by atoms with van der Waals surface area (Å²) in [6.07, 6.45) is 1.04. The maximum absolute atomic E-state index is 5.99. The minimum absolute atomic E-state index is 0.525. The molecule has 0 fully saturated rings. The molecule has 1 heterocycles. The SMILES string of the molecule is NCC1CNc2cc(OCc3ccc(-c4ccccc4)cc3)ccc2C1. The van der Waals surface area contributed by atoms with Gasteiger partial charge in [-0.2, -0.15) is 0 Å². The van der Waals surface area contributed by atoms with Crippen LogP contribution >= 0.6 is 0 Å². The molecule has 3 heteroatoms. The molecule has 1 aliphatic rings. The fourth-order valence-corrected chi connectivity index (χ4v) is 3.38. The second kappa shape index (κ2) is 7.63. The molecule has 3 aromatic rings. The zero-order valence-corrected chi connectivity index (χ0v) is 14.8. The van der Waals surface area contributed by atoms with E-state index in [2.05, 4.69) is 72.0 Å². The first kappa shape index (κ1) is 16.7. The first-order chi connectivity index (χ1) is 12.8. The van der Waals surface area contributed by atoms with Gasteiger partial charge in [0.15, 0.2) is 0 Å². The molecule has 0 aliphatic carbocycles. The lowest BCUT2D eigenvalue weighted by molar-refractivity contribution is 0.306. The Morgan fingerprint density at radius 1 is 0.923 bits per heavy atom. The number of nitrogens with one attached hydrogen (secondary N) is 1. The van der Waals surface area contributed by atoms with Gasteiger partial charge in [0.2, 0.25) is 0 Å². The van der Waals surface area contributed by atoms with Gasteiger partial charge in [0.25, 0.3) is 0 Å². The van der Waals surface area contributed by atoms with Crippen molar-refractivity contribution in [1.29, 1.82) is 0 Å². The summed E-state index contributed by atoms with van der Waals surface area (Å²) in [6, 6.07) is 25.3. The Hall–Kier alpha value is -2.78. The highest BCUT2D eigenvalue weighted by molar-refractivity contribution is 5.63. The minimum atomic E-state index is 0.525. The zero-order chi connectivity index (χ0) is 17.8. The second-order valence-electron chi connectivity index (χ2n) is 6.86. The maximum atomic E-state index is 5.99. The number of hydrogen-bond acceptors (Lipinski definition) is 3. The minimum Gasteiger partial charge on any atom is -0.489 e. The van der Waals surface area contributed by atoms with Crippen LogP contribution in [0.25, 0.3) is 11.1 Å². The van der Waals surface area contributed by atoms with Crippen LogP contribution in [0.5, 0.6) is 5.75 Å². The van der Waals surface area contributed by atoms with Gasteiger partial charge in [-0.05, 0) is 47.2 Å². The van der Waals surface area contributed by atoms with Crippen molar-refractivity contribution in [3.05, 3.63) is 83.9 Å². The number of fused-ring (bicyclic) bond motifs is 1. The molecule has 0 radical (unpaired) electrons.